The monoisotopic (exact) mass is 293 g/mol. The number of benzene rings is 1. The van der Waals surface area contributed by atoms with Gasteiger partial charge in [0, 0.05) is 17.4 Å². The number of thioether (sulfide) groups is 1. The summed E-state index contributed by atoms with van der Waals surface area (Å²) in [7, 11) is 0. The lowest BCUT2D eigenvalue weighted by molar-refractivity contribution is 0.363. The van der Waals surface area contributed by atoms with Crippen molar-refractivity contribution in [2.45, 2.75) is 43.4 Å². The van der Waals surface area contributed by atoms with Crippen molar-refractivity contribution >= 4 is 28.7 Å². The molecule has 1 aliphatic carbocycles. The smallest absolute Gasteiger partial charge is 0.201 e. The molecule has 2 N–H and O–H groups in total. The van der Waals surface area contributed by atoms with E-state index >= 15 is 0 Å². The third kappa shape index (κ3) is 2.39. The van der Waals surface area contributed by atoms with E-state index in [1.165, 1.54) is 44.2 Å². The highest BCUT2D eigenvalue weighted by molar-refractivity contribution is 8.00. The summed E-state index contributed by atoms with van der Waals surface area (Å²) in [6, 6.07) is 4.71. The lowest BCUT2D eigenvalue weighted by Crippen LogP contribution is -2.33. The Morgan fingerprint density at radius 1 is 1.35 bits per heavy atom. The van der Waals surface area contributed by atoms with Gasteiger partial charge in [0.15, 0.2) is 0 Å². The minimum absolute atomic E-state index is 0.244. The molecule has 0 spiro atoms. The molecular formula is C15H20FN3S. The molecule has 0 radical (unpaired) electrons. The van der Waals surface area contributed by atoms with Crippen molar-refractivity contribution in [3.8, 4) is 0 Å². The van der Waals surface area contributed by atoms with Crippen LogP contribution in [0.1, 0.15) is 32.1 Å². The highest BCUT2D eigenvalue weighted by Crippen LogP contribution is 2.41. The Hall–Kier alpha value is -1.23. The van der Waals surface area contributed by atoms with Gasteiger partial charge >= 0.3 is 0 Å². The predicted molar refractivity (Wildman–Crippen MR) is 83.4 cm³/mol. The molecule has 108 valence electrons. The lowest BCUT2D eigenvalue weighted by Gasteiger charge is -2.36. The van der Waals surface area contributed by atoms with Crippen molar-refractivity contribution in [3.05, 3.63) is 24.0 Å². The summed E-state index contributed by atoms with van der Waals surface area (Å²) in [6.07, 6.45) is 8.50. The molecule has 3 rings (SSSR count). The predicted octanol–water partition coefficient (Wildman–Crippen LogP) is 3.82. The quantitative estimate of drug-likeness (QED) is 0.935. The van der Waals surface area contributed by atoms with E-state index < -0.39 is 0 Å². The Labute approximate surface area is 122 Å². The number of hydrogen-bond donors (Lipinski definition) is 1. The van der Waals surface area contributed by atoms with Gasteiger partial charge in [-0.1, -0.05) is 19.3 Å². The largest absolute Gasteiger partial charge is 0.369 e. The van der Waals surface area contributed by atoms with Gasteiger partial charge < -0.3 is 10.3 Å². The van der Waals surface area contributed by atoms with Crippen molar-refractivity contribution < 1.29 is 4.39 Å². The van der Waals surface area contributed by atoms with Gasteiger partial charge in [-0.2, -0.15) is 11.8 Å². The number of rotatable bonds is 3. The summed E-state index contributed by atoms with van der Waals surface area (Å²) < 4.78 is 15.6. The normalized spacial score (nSPS) is 18.5. The van der Waals surface area contributed by atoms with Crippen molar-refractivity contribution in [1.29, 1.82) is 0 Å². The Balaban J connectivity index is 1.99. The average Bonchev–Trinajstić information content (AvgIpc) is 2.75. The topological polar surface area (TPSA) is 43.8 Å². The van der Waals surface area contributed by atoms with Gasteiger partial charge in [0.25, 0.3) is 0 Å². The minimum Gasteiger partial charge on any atom is -0.369 e. The molecule has 1 saturated carbocycles. The second-order valence-corrected chi connectivity index (χ2v) is 6.91. The Bertz CT molecular complexity index is 617. The van der Waals surface area contributed by atoms with E-state index in [9.17, 15) is 4.39 Å². The zero-order valence-electron chi connectivity index (χ0n) is 11.7. The molecule has 0 bridgehead atoms. The molecule has 1 heterocycles. The van der Waals surface area contributed by atoms with E-state index in [-0.39, 0.29) is 10.6 Å². The molecule has 1 aliphatic rings. The number of anilines is 1. The SMILES string of the molecule is CSC1(Cn2c(N)nc3cc(F)ccc32)CCCCC1. The van der Waals surface area contributed by atoms with Crippen LogP contribution in [0.5, 0.6) is 0 Å². The maximum atomic E-state index is 13.3. The van der Waals surface area contributed by atoms with Crippen LogP contribution >= 0.6 is 11.8 Å². The first-order valence-electron chi connectivity index (χ1n) is 7.10. The van der Waals surface area contributed by atoms with Gasteiger partial charge in [0.05, 0.1) is 11.0 Å². The summed E-state index contributed by atoms with van der Waals surface area (Å²) in [6.45, 7) is 0.863. The number of nitrogens with two attached hydrogens (primary N) is 1. The van der Waals surface area contributed by atoms with Crippen LogP contribution in [0.4, 0.5) is 10.3 Å². The van der Waals surface area contributed by atoms with Gasteiger partial charge in [-0.25, -0.2) is 9.37 Å². The molecule has 5 heteroatoms. The van der Waals surface area contributed by atoms with E-state index in [0.717, 1.165) is 12.1 Å². The number of halogens is 1. The molecule has 2 aromatic rings. The fraction of sp³-hybridized carbons (Fsp3) is 0.533. The summed E-state index contributed by atoms with van der Waals surface area (Å²) in [5, 5.41) is 0. The number of nitrogen functional groups attached to an aromatic ring is 1. The van der Waals surface area contributed by atoms with Crippen LogP contribution in [0.25, 0.3) is 11.0 Å². The van der Waals surface area contributed by atoms with Gasteiger partial charge in [0.2, 0.25) is 5.95 Å². The van der Waals surface area contributed by atoms with Crippen LogP contribution in [-0.4, -0.2) is 20.6 Å². The molecule has 0 amide bonds. The molecule has 20 heavy (non-hydrogen) atoms. The number of fused-ring (bicyclic) bond motifs is 1. The second-order valence-electron chi connectivity index (χ2n) is 5.64. The van der Waals surface area contributed by atoms with E-state index in [4.69, 9.17) is 5.73 Å². The molecule has 1 fully saturated rings. The van der Waals surface area contributed by atoms with E-state index in [2.05, 4.69) is 15.8 Å². The third-order valence-electron chi connectivity index (χ3n) is 4.38. The molecule has 0 aliphatic heterocycles. The summed E-state index contributed by atoms with van der Waals surface area (Å²) in [4.78, 5) is 4.30. The Kier molecular flexibility index (Phi) is 3.63. The maximum Gasteiger partial charge on any atom is 0.201 e. The van der Waals surface area contributed by atoms with Crippen LogP contribution in [0.3, 0.4) is 0 Å². The van der Waals surface area contributed by atoms with Gasteiger partial charge in [-0.05, 0) is 31.2 Å². The van der Waals surface area contributed by atoms with E-state index in [0.29, 0.717) is 11.5 Å². The van der Waals surface area contributed by atoms with Crippen molar-refractivity contribution in [2.24, 2.45) is 0 Å². The third-order valence-corrected chi connectivity index (χ3v) is 5.79. The summed E-state index contributed by atoms with van der Waals surface area (Å²) in [5.74, 6) is 0.226. The van der Waals surface area contributed by atoms with Crippen LogP contribution in [-0.2, 0) is 6.54 Å². The van der Waals surface area contributed by atoms with Crippen molar-refractivity contribution in [2.75, 3.05) is 12.0 Å². The van der Waals surface area contributed by atoms with Crippen molar-refractivity contribution in [3.63, 3.8) is 0 Å². The van der Waals surface area contributed by atoms with E-state index in [1.807, 2.05) is 11.8 Å². The zero-order chi connectivity index (χ0) is 14.2. The number of nitrogens with zero attached hydrogens (tertiary/aromatic N) is 2. The first-order chi connectivity index (χ1) is 9.63. The van der Waals surface area contributed by atoms with Crippen LogP contribution in [0.2, 0.25) is 0 Å². The minimum atomic E-state index is -0.264. The molecular weight excluding hydrogens is 273 g/mol. The Morgan fingerprint density at radius 3 is 2.80 bits per heavy atom. The van der Waals surface area contributed by atoms with Crippen LogP contribution in [0.15, 0.2) is 18.2 Å². The van der Waals surface area contributed by atoms with Crippen LogP contribution < -0.4 is 5.73 Å². The first kappa shape index (κ1) is 13.7. The number of imidazole rings is 1. The molecule has 0 unspecified atom stereocenters. The molecule has 0 saturated heterocycles. The molecule has 1 aromatic carbocycles. The van der Waals surface area contributed by atoms with E-state index in [1.54, 1.807) is 6.07 Å². The Morgan fingerprint density at radius 2 is 2.10 bits per heavy atom. The molecule has 3 nitrogen and oxygen atoms in total. The fourth-order valence-electron chi connectivity index (χ4n) is 3.20. The summed E-state index contributed by atoms with van der Waals surface area (Å²) in [5.41, 5.74) is 7.64. The lowest BCUT2D eigenvalue weighted by atomic mass is 9.88. The van der Waals surface area contributed by atoms with Crippen molar-refractivity contribution in [1.82, 2.24) is 9.55 Å². The fourth-order valence-corrected chi connectivity index (χ4v) is 4.15. The average molecular weight is 293 g/mol. The molecule has 0 atom stereocenters. The summed E-state index contributed by atoms with van der Waals surface area (Å²) >= 11 is 1.93. The van der Waals surface area contributed by atoms with Crippen LogP contribution in [0, 0.1) is 5.82 Å². The van der Waals surface area contributed by atoms with Gasteiger partial charge in [-0.15, -0.1) is 0 Å². The first-order valence-corrected chi connectivity index (χ1v) is 8.32. The maximum absolute atomic E-state index is 13.3. The number of aromatic nitrogens is 2. The standard InChI is InChI=1S/C15H20FN3S/c1-20-15(7-3-2-4-8-15)10-19-13-6-5-11(16)9-12(13)18-14(19)17/h5-6,9H,2-4,7-8,10H2,1H3,(H2,17,18). The zero-order valence-corrected chi connectivity index (χ0v) is 12.5. The highest BCUT2D eigenvalue weighted by atomic mass is 32.2. The van der Waals surface area contributed by atoms with Gasteiger partial charge in [-0.3, -0.25) is 0 Å². The number of hydrogen-bond acceptors (Lipinski definition) is 3. The highest BCUT2D eigenvalue weighted by Gasteiger charge is 2.32. The second kappa shape index (κ2) is 5.28. The molecule has 1 aromatic heterocycles. The van der Waals surface area contributed by atoms with Gasteiger partial charge in [0.1, 0.15) is 5.82 Å².